The summed E-state index contributed by atoms with van der Waals surface area (Å²) in [5, 5.41) is 9.88. The minimum absolute atomic E-state index is 0. The van der Waals surface area contributed by atoms with Gasteiger partial charge in [-0.3, -0.25) is 9.78 Å². The van der Waals surface area contributed by atoms with E-state index in [2.05, 4.69) is 11.1 Å². The molecule has 0 spiro atoms. The summed E-state index contributed by atoms with van der Waals surface area (Å²) < 4.78 is 23.5. The lowest BCUT2D eigenvalue weighted by Crippen LogP contribution is -2.26. The number of aromatic nitrogens is 1. The van der Waals surface area contributed by atoms with E-state index in [0.29, 0.717) is 58.3 Å². The fourth-order valence-electron chi connectivity index (χ4n) is 4.69. The number of rotatable bonds is 6. The third-order valence-electron chi connectivity index (χ3n) is 6.70. The summed E-state index contributed by atoms with van der Waals surface area (Å²) in [7, 11) is 4.98. The predicted molar refractivity (Wildman–Crippen MR) is 151 cm³/mol. The highest BCUT2D eigenvalue weighted by molar-refractivity contribution is 5.97. The van der Waals surface area contributed by atoms with Crippen LogP contribution in [0.1, 0.15) is 34.3 Å². The molecule has 1 amide bonds. The monoisotopic (exact) mass is 547 g/mol. The van der Waals surface area contributed by atoms with E-state index >= 15 is 0 Å². The van der Waals surface area contributed by atoms with Crippen LogP contribution in [0.3, 0.4) is 0 Å². The van der Waals surface area contributed by atoms with Gasteiger partial charge in [-0.05, 0) is 48.4 Å². The number of benzene rings is 2. The van der Waals surface area contributed by atoms with E-state index in [1.165, 1.54) is 4.90 Å². The van der Waals surface area contributed by atoms with Crippen LogP contribution in [0, 0.1) is 18.3 Å². The Bertz CT molecular complexity index is 1550. The van der Waals surface area contributed by atoms with Gasteiger partial charge in [-0.2, -0.15) is 5.26 Å². The van der Waals surface area contributed by atoms with Crippen LogP contribution < -0.4 is 9.47 Å². The summed E-state index contributed by atoms with van der Waals surface area (Å²) in [5.41, 5.74) is 5.59. The molecule has 4 aromatic rings. The Kier molecular flexibility index (Phi) is 8.44. The predicted octanol–water partition coefficient (Wildman–Crippen LogP) is 6.03. The van der Waals surface area contributed by atoms with Crippen LogP contribution in [-0.4, -0.2) is 56.3 Å². The van der Waals surface area contributed by atoms with Crippen LogP contribution in [0.2, 0.25) is 0 Å². The summed E-state index contributed by atoms with van der Waals surface area (Å²) in [6.45, 7) is 3.29. The zero-order chi connectivity index (χ0) is 26.8. The van der Waals surface area contributed by atoms with Crippen LogP contribution in [-0.2, 0) is 4.74 Å². The second-order valence-corrected chi connectivity index (χ2v) is 9.51. The maximum Gasteiger partial charge on any atom is 0.253 e. The number of ether oxygens (including phenoxy) is 3. The smallest absolute Gasteiger partial charge is 0.253 e. The molecule has 2 aromatic heterocycles. The Morgan fingerprint density at radius 1 is 1.10 bits per heavy atom. The molecule has 0 radical (unpaired) electrons. The van der Waals surface area contributed by atoms with Gasteiger partial charge in [0.25, 0.3) is 5.91 Å². The average molecular weight is 548 g/mol. The SMILES string of the molecule is COc1cc(C(=O)N(C)C)ccc1-c1cc2ncc(C)c(-c3ccc(OC4CCOCC4)c(C#N)c3)c2o1.Cl. The van der Waals surface area contributed by atoms with Gasteiger partial charge in [0.05, 0.1) is 31.5 Å². The van der Waals surface area contributed by atoms with Crippen LogP contribution >= 0.6 is 12.4 Å². The molecule has 1 aliphatic heterocycles. The highest BCUT2D eigenvalue weighted by Gasteiger charge is 2.21. The number of halogens is 1. The van der Waals surface area contributed by atoms with Crippen molar-refractivity contribution in [3.05, 3.63) is 65.4 Å². The van der Waals surface area contributed by atoms with E-state index in [-0.39, 0.29) is 24.4 Å². The van der Waals surface area contributed by atoms with Crippen molar-refractivity contribution in [3.63, 3.8) is 0 Å². The van der Waals surface area contributed by atoms with Gasteiger partial charge in [0, 0.05) is 50.3 Å². The molecule has 0 unspecified atom stereocenters. The molecule has 2 aromatic carbocycles. The fourth-order valence-corrected chi connectivity index (χ4v) is 4.69. The summed E-state index contributed by atoms with van der Waals surface area (Å²) >= 11 is 0. The number of pyridine rings is 1. The molecule has 202 valence electrons. The van der Waals surface area contributed by atoms with Crippen molar-refractivity contribution < 1.29 is 23.4 Å². The lowest BCUT2D eigenvalue weighted by molar-refractivity contribution is 0.0254. The number of carbonyl (C=O) groups is 1. The van der Waals surface area contributed by atoms with E-state index < -0.39 is 0 Å². The largest absolute Gasteiger partial charge is 0.496 e. The second kappa shape index (κ2) is 11.8. The van der Waals surface area contributed by atoms with E-state index in [0.717, 1.165) is 29.5 Å². The number of nitriles is 1. The van der Waals surface area contributed by atoms with E-state index in [4.69, 9.17) is 18.6 Å². The van der Waals surface area contributed by atoms with Crippen LogP contribution in [0.5, 0.6) is 11.5 Å². The summed E-state index contributed by atoms with van der Waals surface area (Å²) in [4.78, 5) is 18.5. The normalized spacial score (nSPS) is 13.4. The number of fused-ring (bicyclic) bond motifs is 1. The topological polar surface area (TPSA) is 97.8 Å². The Labute approximate surface area is 233 Å². The number of hydrogen-bond donors (Lipinski definition) is 0. The molecular weight excluding hydrogens is 518 g/mol. The highest BCUT2D eigenvalue weighted by Crippen LogP contribution is 2.40. The van der Waals surface area contributed by atoms with Crippen molar-refractivity contribution in [2.45, 2.75) is 25.9 Å². The first-order chi connectivity index (χ1) is 18.4. The second-order valence-electron chi connectivity index (χ2n) is 9.51. The third kappa shape index (κ3) is 5.56. The van der Waals surface area contributed by atoms with Gasteiger partial charge in [0.2, 0.25) is 0 Å². The van der Waals surface area contributed by atoms with Gasteiger partial charge in [0.15, 0.2) is 5.58 Å². The highest BCUT2D eigenvalue weighted by atomic mass is 35.5. The van der Waals surface area contributed by atoms with Crippen molar-refractivity contribution in [1.82, 2.24) is 9.88 Å². The Morgan fingerprint density at radius 3 is 2.56 bits per heavy atom. The van der Waals surface area contributed by atoms with Gasteiger partial charge in [-0.15, -0.1) is 12.4 Å². The molecule has 8 nitrogen and oxygen atoms in total. The van der Waals surface area contributed by atoms with Crippen molar-refractivity contribution in [1.29, 1.82) is 5.26 Å². The number of aryl methyl sites for hydroxylation is 1. The van der Waals surface area contributed by atoms with Gasteiger partial charge in [-0.1, -0.05) is 6.07 Å². The quantitative estimate of drug-likeness (QED) is 0.290. The maximum atomic E-state index is 12.4. The molecule has 0 saturated carbocycles. The molecule has 0 aliphatic carbocycles. The molecule has 1 aliphatic rings. The van der Waals surface area contributed by atoms with Crippen molar-refractivity contribution in [3.8, 4) is 40.0 Å². The molecule has 1 saturated heterocycles. The lowest BCUT2D eigenvalue weighted by Gasteiger charge is -2.24. The molecule has 1 fully saturated rings. The number of methoxy groups -OCH3 is 1. The minimum atomic E-state index is -0.114. The first-order valence-electron chi connectivity index (χ1n) is 12.5. The van der Waals surface area contributed by atoms with Gasteiger partial charge in [-0.25, -0.2) is 0 Å². The van der Waals surface area contributed by atoms with Crippen LogP contribution in [0.4, 0.5) is 0 Å². The number of nitrogens with zero attached hydrogens (tertiary/aromatic N) is 3. The number of hydrogen-bond acceptors (Lipinski definition) is 7. The first kappa shape index (κ1) is 28.0. The van der Waals surface area contributed by atoms with Crippen molar-refractivity contribution in [2.75, 3.05) is 34.4 Å². The Balaban J connectivity index is 0.00000353. The van der Waals surface area contributed by atoms with E-state index in [1.807, 2.05) is 37.3 Å². The lowest BCUT2D eigenvalue weighted by atomic mass is 9.99. The van der Waals surface area contributed by atoms with Crippen molar-refractivity contribution in [2.24, 2.45) is 0 Å². The maximum absolute atomic E-state index is 12.4. The standard InChI is InChI=1S/C30H29N3O5.ClH/c1-18-17-32-24-15-27(23-7-5-20(14-26(23)35-4)30(34)33(2)3)38-29(24)28(18)19-6-8-25(21(13-19)16-31)37-22-9-11-36-12-10-22;/h5-8,13-15,17,22H,9-12H2,1-4H3;1H. The number of furan rings is 1. The third-order valence-corrected chi connectivity index (χ3v) is 6.70. The van der Waals surface area contributed by atoms with E-state index in [1.54, 1.807) is 39.5 Å². The molecule has 0 atom stereocenters. The zero-order valence-electron chi connectivity index (χ0n) is 22.3. The first-order valence-corrected chi connectivity index (χ1v) is 12.5. The molecule has 39 heavy (non-hydrogen) atoms. The van der Waals surface area contributed by atoms with Gasteiger partial charge >= 0.3 is 0 Å². The zero-order valence-corrected chi connectivity index (χ0v) is 23.1. The number of carbonyl (C=O) groups excluding carboxylic acids is 1. The molecule has 3 heterocycles. The van der Waals surface area contributed by atoms with Crippen molar-refractivity contribution >= 4 is 29.4 Å². The van der Waals surface area contributed by atoms with Crippen LogP contribution in [0.25, 0.3) is 33.6 Å². The molecule has 5 rings (SSSR count). The molecule has 0 N–H and O–H groups in total. The molecule has 0 bridgehead atoms. The average Bonchev–Trinajstić information content (AvgIpc) is 3.37. The van der Waals surface area contributed by atoms with Gasteiger partial charge < -0.3 is 23.5 Å². The van der Waals surface area contributed by atoms with E-state index in [9.17, 15) is 10.1 Å². The summed E-state index contributed by atoms with van der Waals surface area (Å²) in [6.07, 6.45) is 3.45. The molecular formula is C30H30ClN3O5. The Morgan fingerprint density at radius 2 is 1.87 bits per heavy atom. The number of amides is 1. The Hall–Kier alpha value is -4.06. The molecule has 9 heteroatoms. The summed E-state index contributed by atoms with van der Waals surface area (Å²) in [6, 6.07) is 15.0. The minimum Gasteiger partial charge on any atom is -0.496 e. The fraction of sp³-hybridized carbons (Fsp3) is 0.300. The summed E-state index contributed by atoms with van der Waals surface area (Å²) in [5.74, 6) is 1.55. The van der Waals surface area contributed by atoms with Crippen LogP contribution in [0.15, 0.2) is 53.1 Å². The van der Waals surface area contributed by atoms with Gasteiger partial charge in [0.1, 0.15) is 34.9 Å².